The average Bonchev–Trinajstić information content (AvgIpc) is 2.19. The van der Waals surface area contributed by atoms with E-state index >= 15 is 0 Å². The SMILES string of the molecule is O=CN1CCC(CCCCO)CC1. The molecule has 0 saturated carbocycles. The molecule has 3 nitrogen and oxygen atoms in total. The molecule has 0 aliphatic carbocycles. The number of nitrogens with zero attached hydrogens (tertiary/aromatic N) is 1. The second-order valence-electron chi connectivity index (χ2n) is 3.80. The van der Waals surface area contributed by atoms with Crippen LogP contribution in [0.15, 0.2) is 0 Å². The van der Waals surface area contributed by atoms with Gasteiger partial charge in [-0.25, -0.2) is 0 Å². The molecule has 0 bridgehead atoms. The smallest absolute Gasteiger partial charge is 0.209 e. The Balaban J connectivity index is 2.07. The van der Waals surface area contributed by atoms with E-state index in [4.69, 9.17) is 5.11 Å². The average molecular weight is 185 g/mol. The first-order valence-electron chi connectivity index (χ1n) is 5.17. The lowest BCUT2D eigenvalue weighted by Crippen LogP contribution is -2.32. The molecule has 0 aromatic heterocycles. The second-order valence-corrected chi connectivity index (χ2v) is 3.80. The number of carbonyl (C=O) groups excluding carboxylic acids is 1. The summed E-state index contributed by atoms with van der Waals surface area (Å²) in [5.41, 5.74) is 0. The number of hydrogen-bond acceptors (Lipinski definition) is 2. The summed E-state index contributed by atoms with van der Waals surface area (Å²) < 4.78 is 0. The summed E-state index contributed by atoms with van der Waals surface area (Å²) >= 11 is 0. The van der Waals surface area contributed by atoms with Crippen molar-refractivity contribution in [1.29, 1.82) is 0 Å². The van der Waals surface area contributed by atoms with E-state index in [0.717, 1.165) is 51.1 Å². The first-order chi connectivity index (χ1) is 6.36. The second kappa shape index (κ2) is 5.97. The molecule has 13 heavy (non-hydrogen) atoms. The summed E-state index contributed by atoms with van der Waals surface area (Å²) in [6, 6.07) is 0. The van der Waals surface area contributed by atoms with Crippen molar-refractivity contribution in [1.82, 2.24) is 4.90 Å². The highest BCUT2D eigenvalue weighted by atomic mass is 16.2. The van der Waals surface area contributed by atoms with E-state index in [1.165, 1.54) is 6.42 Å². The van der Waals surface area contributed by atoms with Crippen molar-refractivity contribution in [2.75, 3.05) is 19.7 Å². The van der Waals surface area contributed by atoms with E-state index in [1.807, 2.05) is 4.90 Å². The summed E-state index contributed by atoms with van der Waals surface area (Å²) in [6.45, 7) is 2.16. The number of carbonyl (C=O) groups is 1. The standard InChI is InChI=1S/C10H19NO2/c12-8-2-1-3-10-4-6-11(9-13)7-5-10/h9-10,12H,1-8H2. The van der Waals surface area contributed by atoms with Gasteiger partial charge in [-0.05, 0) is 25.2 Å². The Bertz CT molecular complexity index is 142. The van der Waals surface area contributed by atoms with Crippen molar-refractivity contribution in [3.8, 4) is 0 Å². The Labute approximate surface area is 79.7 Å². The summed E-state index contributed by atoms with van der Waals surface area (Å²) in [6.07, 6.45) is 6.50. The number of hydrogen-bond donors (Lipinski definition) is 1. The minimum absolute atomic E-state index is 0.313. The van der Waals surface area contributed by atoms with Crippen LogP contribution in [0.2, 0.25) is 0 Å². The molecule has 1 heterocycles. The van der Waals surface area contributed by atoms with Crippen molar-refractivity contribution in [3.05, 3.63) is 0 Å². The van der Waals surface area contributed by atoms with Crippen molar-refractivity contribution >= 4 is 6.41 Å². The summed E-state index contributed by atoms with van der Waals surface area (Å²) in [4.78, 5) is 12.3. The third kappa shape index (κ3) is 3.77. The zero-order valence-electron chi connectivity index (χ0n) is 8.11. The van der Waals surface area contributed by atoms with Gasteiger partial charge in [0.05, 0.1) is 0 Å². The molecule has 76 valence electrons. The van der Waals surface area contributed by atoms with Crippen LogP contribution in [0.4, 0.5) is 0 Å². The topological polar surface area (TPSA) is 40.5 Å². The molecule has 1 amide bonds. The molecule has 0 aromatic carbocycles. The van der Waals surface area contributed by atoms with Gasteiger partial charge in [0.15, 0.2) is 0 Å². The van der Waals surface area contributed by atoms with Crippen LogP contribution in [0, 0.1) is 5.92 Å². The fraction of sp³-hybridized carbons (Fsp3) is 0.900. The number of piperidine rings is 1. The molecule has 0 radical (unpaired) electrons. The van der Waals surface area contributed by atoms with Gasteiger partial charge in [0.2, 0.25) is 6.41 Å². The molecule has 1 fully saturated rings. The number of unbranched alkanes of at least 4 members (excludes halogenated alkanes) is 1. The first-order valence-corrected chi connectivity index (χ1v) is 5.17. The molecular weight excluding hydrogens is 166 g/mol. The Hall–Kier alpha value is -0.570. The zero-order chi connectivity index (χ0) is 9.52. The van der Waals surface area contributed by atoms with Gasteiger partial charge in [0.1, 0.15) is 0 Å². The maximum absolute atomic E-state index is 10.4. The van der Waals surface area contributed by atoms with Crippen LogP contribution >= 0.6 is 0 Å². The zero-order valence-corrected chi connectivity index (χ0v) is 8.11. The third-order valence-corrected chi connectivity index (χ3v) is 2.82. The molecule has 0 unspecified atom stereocenters. The predicted molar refractivity (Wildman–Crippen MR) is 51.3 cm³/mol. The lowest BCUT2D eigenvalue weighted by Gasteiger charge is -2.29. The van der Waals surface area contributed by atoms with Gasteiger partial charge < -0.3 is 10.0 Å². The van der Waals surface area contributed by atoms with Crippen LogP contribution in [0.1, 0.15) is 32.1 Å². The van der Waals surface area contributed by atoms with Gasteiger partial charge in [-0.2, -0.15) is 0 Å². The van der Waals surface area contributed by atoms with Crippen LogP contribution in [0.3, 0.4) is 0 Å². The van der Waals surface area contributed by atoms with E-state index in [9.17, 15) is 4.79 Å². The van der Waals surface area contributed by atoms with E-state index in [1.54, 1.807) is 0 Å². The summed E-state index contributed by atoms with van der Waals surface area (Å²) in [5.74, 6) is 0.780. The van der Waals surface area contributed by atoms with E-state index in [-0.39, 0.29) is 0 Å². The number of aliphatic hydroxyl groups excluding tert-OH is 1. The van der Waals surface area contributed by atoms with Gasteiger partial charge in [0.25, 0.3) is 0 Å². The van der Waals surface area contributed by atoms with Gasteiger partial charge in [0, 0.05) is 19.7 Å². The molecule has 0 aromatic rings. The largest absolute Gasteiger partial charge is 0.396 e. The highest BCUT2D eigenvalue weighted by Gasteiger charge is 2.16. The molecule has 3 heteroatoms. The van der Waals surface area contributed by atoms with E-state index in [2.05, 4.69) is 0 Å². The lowest BCUT2D eigenvalue weighted by atomic mass is 9.92. The fourth-order valence-corrected chi connectivity index (χ4v) is 1.89. The minimum atomic E-state index is 0.313. The monoisotopic (exact) mass is 185 g/mol. The van der Waals surface area contributed by atoms with Crippen molar-refractivity contribution in [2.24, 2.45) is 5.92 Å². The number of amides is 1. The van der Waals surface area contributed by atoms with Gasteiger partial charge in [-0.15, -0.1) is 0 Å². The number of rotatable bonds is 5. The Morgan fingerprint density at radius 1 is 1.31 bits per heavy atom. The molecule has 1 rings (SSSR count). The first kappa shape index (κ1) is 10.5. The highest BCUT2D eigenvalue weighted by Crippen LogP contribution is 2.21. The third-order valence-electron chi connectivity index (χ3n) is 2.82. The quantitative estimate of drug-likeness (QED) is 0.513. The number of likely N-dealkylation sites (tertiary alicyclic amines) is 1. The number of aliphatic hydroxyl groups is 1. The summed E-state index contributed by atoms with van der Waals surface area (Å²) in [5, 5.41) is 8.62. The van der Waals surface area contributed by atoms with Crippen LogP contribution in [-0.4, -0.2) is 36.1 Å². The van der Waals surface area contributed by atoms with Gasteiger partial charge in [-0.1, -0.05) is 12.8 Å². The summed E-state index contributed by atoms with van der Waals surface area (Å²) in [7, 11) is 0. The van der Waals surface area contributed by atoms with Gasteiger partial charge >= 0.3 is 0 Å². The molecule has 1 N–H and O–H groups in total. The molecule has 0 spiro atoms. The molecule has 1 aliphatic heterocycles. The Morgan fingerprint density at radius 3 is 2.54 bits per heavy atom. The molecule has 1 aliphatic rings. The maximum atomic E-state index is 10.4. The Kier molecular flexibility index (Phi) is 4.83. The van der Waals surface area contributed by atoms with Crippen molar-refractivity contribution < 1.29 is 9.90 Å². The van der Waals surface area contributed by atoms with Crippen LogP contribution in [0.5, 0.6) is 0 Å². The van der Waals surface area contributed by atoms with Crippen molar-refractivity contribution in [2.45, 2.75) is 32.1 Å². The van der Waals surface area contributed by atoms with E-state index < -0.39 is 0 Å². The lowest BCUT2D eigenvalue weighted by molar-refractivity contribution is -0.119. The maximum Gasteiger partial charge on any atom is 0.209 e. The minimum Gasteiger partial charge on any atom is -0.396 e. The van der Waals surface area contributed by atoms with Crippen LogP contribution in [-0.2, 0) is 4.79 Å². The molecular formula is C10H19NO2. The molecule has 1 saturated heterocycles. The Morgan fingerprint density at radius 2 is 2.00 bits per heavy atom. The highest BCUT2D eigenvalue weighted by molar-refractivity contribution is 5.47. The fourth-order valence-electron chi connectivity index (χ4n) is 1.89. The van der Waals surface area contributed by atoms with Crippen LogP contribution in [0.25, 0.3) is 0 Å². The normalized spacial score (nSPS) is 19.0. The van der Waals surface area contributed by atoms with E-state index in [0.29, 0.717) is 6.61 Å². The predicted octanol–water partition coefficient (Wildman–Crippen LogP) is 1.02. The molecule has 0 atom stereocenters. The van der Waals surface area contributed by atoms with Crippen molar-refractivity contribution in [3.63, 3.8) is 0 Å². The van der Waals surface area contributed by atoms with Gasteiger partial charge in [-0.3, -0.25) is 4.79 Å². The van der Waals surface area contributed by atoms with Crippen LogP contribution < -0.4 is 0 Å².